The van der Waals surface area contributed by atoms with Gasteiger partial charge in [-0.05, 0) is 12.1 Å². The van der Waals surface area contributed by atoms with Crippen molar-refractivity contribution in [3.8, 4) is 0 Å². The fourth-order valence-electron chi connectivity index (χ4n) is 2.45. The lowest BCUT2D eigenvalue weighted by atomic mass is 10.0. The van der Waals surface area contributed by atoms with Gasteiger partial charge in [-0.1, -0.05) is 36.4 Å². The Hall–Kier alpha value is -2.81. The third-order valence-electron chi connectivity index (χ3n) is 3.45. The zero-order chi connectivity index (χ0) is 13.5. The fraction of sp³-hybridized carbons (Fsp3) is 0. The van der Waals surface area contributed by atoms with Gasteiger partial charge in [0.15, 0.2) is 0 Å². The molecule has 2 aromatic heterocycles. The molecular weight excluding hydrogens is 252 g/mol. The molecule has 2 heterocycles. The SMILES string of the molecule is O=C(c1coc2ccccc12)c1coc2ccccc12. The van der Waals surface area contributed by atoms with Gasteiger partial charge in [-0.2, -0.15) is 0 Å². The summed E-state index contributed by atoms with van der Waals surface area (Å²) in [5.74, 6) is -0.0834. The largest absolute Gasteiger partial charge is 0.464 e. The van der Waals surface area contributed by atoms with Crippen LogP contribution in [0.25, 0.3) is 21.9 Å². The van der Waals surface area contributed by atoms with Crippen LogP contribution >= 0.6 is 0 Å². The van der Waals surface area contributed by atoms with E-state index in [1.165, 1.54) is 12.5 Å². The third-order valence-corrected chi connectivity index (χ3v) is 3.45. The minimum absolute atomic E-state index is 0.0834. The Kier molecular flexibility index (Phi) is 2.27. The summed E-state index contributed by atoms with van der Waals surface area (Å²) in [6, 6.07) is 15.0. The first-order valence-electron chi connectivity index (χ1n) is 6.32. The summed E-state index contributed by atoms with van der Waals surface area (Å²) in [7, 11) is 0. The molecule has 20 heavy (non-hydrogen) atoms. The van der Waals surface area contributed by atoms with Gasteiger partial charge < -0.3 is 8.83 Å². The smallest absolute Gasteiger partial charge is 0.200 e. The van der Waals surface area contributed by atoms with Crippen LogP contribution in [0.1, 0.15) is 15.9 Å². The van der Waals surface area contributed by atoms with Gasteiger partial charge in [-0.15, -0.1) is 0 Å². The summed E-state index contributed by atoms with van der Waals surface area (Å²) in [4.78, 5) is 12.7. The average molecular weight is 262 g/mol. The lowest BCUT2D eigenvalue weighted by Crippen LogP contribution is -1.98. The molecule has 0 aliphatic rings. The van der Waals surface area contributed by atoms with Gasteiger partial charge >= 0.3 is 0 Å². The average Bonchev–Trinajstić information content (AvgIpc) is 3.11. The van der Waals surface area contributed by atoms with Crippen LogP contribution in [0, 0.1) is 0 Å². The summed E-state index contributed by atoms with van der Waals surface area (Å²) >= 11 is 0. The number of para-hydroxylation sites is 2. The number of benzene rings is 2. The van der Waals surface area contributed by atoms with Crippen molar-refractivity contribution in [1.29, 1.82) is 0 Å². The van der Waals surface area contributed by atoms with Crippen molar-refractivity contribution in [2.24, 2.45) is 0 Å². The molecule has 0 amide bonds. The van der Waals surface area contributed by atoms with Crippen molar-refractivity contribution < 1.29 is 13.6 Å². The van der Waals surface area contributed by atoms with Crippen LogP contribution in [0.15, 0.2) is 69.9 Å². The molecular formula is C17H10O3. The molecule has 0 aliphatic heterocycles. The molecule has 0 aliphatic carbocycles. The molecule has 3 heteroatoms. The predicted octanol–water partition coefficient (Wildman–Crippen LogP) is 4.41. The lowest BCUT2D eigenvalue weighted by Gasteiger charge is -1.96. The highest BCUT2D eigenvalue weighted by atomic mass is 16.3. The van der Waals surface area contributed by atoms with Gasteiger partial charge in [0.1, 0.15) is 23.7 Å². The van der Waals surface area contributed by atoms with Crippen LogP contribution in [-0.2, 0) is 0 Å². The summed E-state index contributed by atoms with van der Waals surface area (Å²) in [5.41, 5.74) is 2.55. The van der Waals surface area contributed by atoms with Crippen LogP contribution in [0.5, 0.6) is 0 Å². The Labute approximate surface area is 114 Å². The summed E-state index contributed by atoms with van der Waals surface area (Å²) in [5, 5.41) is 1.64. The molecule has 2 aromatic carbocycles. The zero-order valence-corrected chi connectivity index (χ0v) is 10.5. The number of ketones is 1. The number of rotatable bonds is 2. The molecule has 0 unspecified atom stereocenters. The highest BCUT2D eigenvalue weighted by Crippen LogP contribution is 2.27. The Morgan fingerprint density at radius 1 is 0.700 bits per heavy atom. The van der Waals surface area contributed by atoms with Crippen molar-refractivity contribution in [3.63, 3.8) is 0 Å². The monoisotopic (exact) mass is 262 g/mol. The van der Waals surface area contributed by atoms with Gasteiger partial charge in [0, 0.05) is 10.8 Å². The van der Waals surface area contributed by atoms with Crippen molar-refractivity contribution in [1.82, 2.24) is 0 Å². The lowest BCUT2D eigenvalue weighted by molar-refractivity contribution is 0.104. The molecule has 0 spiro atoms. The van der Waals surface area contributed by atoms with Crippen molar-refractivity contribution in [3.05, 3.63) is 72.2 Å². The van der Waals surface area contributed by atoms with Crippen LogP contribution in [-0.4, -0.2) is 5.78 Å². The van der Waals surface area contributed by atoms with Gasteiger partial charge in [-0.3, -0.25) is 4.79 Å². The van der Waals surface area contributed by atoms with Crippen molar-refractivity contribution >= 4 is 27.7 Å². The Morgan fingerprint density at radius 3 is 1.65 bits per heavy atom. The number of furan rings is 2. The van der Waals surface area contributed by atoms with Gasteiger partial charge in [0.25, 0.3) is 0 Å². The molecule has 0 N–H and O–H groups in total. The molecule has 0 saturated carbocycles. The number of hydrogen-bond acceptors (Lipinski definition) is 3. The highest BCUT2D eigenvalue weighted by Gasteiger charge is 2.19. The maximum Gasteiger partial charge on any atom is 0.200 e. The zero-order valence-electron chi connectivity index (χ0n) is 10.5. The second kappa shape index (κ2) is 4.10. The molecule has 0 fully saturated rings. The fourth-order valence-corrected chi connectivity index (χ4v) is 2.45. The summed E-state index contributed by atoms with van der Waals surface area (Å²) in [6.07, 6.45) is 3.02. The standard InChI is InChI=1S/C17H10O3/c18-17(13-9-19-15-7-3-1-5-11(13)15)14-10-20-16-8-4-2-6-12(14)16/h1-10H. The van der Waals surface area contributed by atoms with E-state index in [0.29, 0.717) is 22.3 Å². The maximum atomic E-state index is 12.7. The molecule has 0 saturated heterocycles. The summed E-state index contributed by atoms with van der Waals surface area (Å²) < 4.78 is 10.9. The third kappa shape index (κ3) is 1.50. The summed E-state index contributed by atoms with van der Waals surface area (Å²) in [6.45, 7) is 0. The van der Waals surface area contributed by atoms with E-state index in [2.05, 4.69) is 0 Å². The Bertz CT molecular complexity index is 851. The van der Waals surface area contributed by atoms with E-state index in [9.17, 15) is 4.79 Å². The van der Waals surface area contributed by atoms with E-state index >= 15 is 0 Å². The van der Waals surface area contributed by atoms with E-state index < -0.39 is 0 Å². The minimum Gasteiger partial charge on any atom is -0.464 e. The first-order valence-corrected chi connectivity index (χ1v) is 6.32. The normalized spacial score (nSPS) is 11.2. The van der Waals surface area contributed by atoms with Crippen LogP contribution in [0.3, 0.4) is 0 Å². The molecule has 4 aromatic rings. The first-order chi connectivity index (χ1) is 9.84. The molecule has 96 valence electrons. The first kappa shape index (κ1) is 11.1. The number of carbonyl (C=O) groups excluding carboxylic acids is 1. The number of carbonyl (C=O) groups is 1. The van der Waals surface area contributed by atoms with E-state index in [4.69, 9.17) is 8.83 Å². The van der Waals surface area contributed by atoms with Crippen LogP contribution < -0.4 is 0 Å². The van der Waals surface area contributed by atoms with Crippen LogP contribution in [0.2, 0.25) is 0 Å². The minimum atomic E-state index is -0.0834. The van der Waals surface area contributed by atoms with Gasteiger partial charge in [0.2, 0.25) is 5.78 Å². The second-order valence-electron chi connectivity index (χ2n) is 4.62. The second-order valence-corrected chi connectivity index (χ2v) is 4.62. The highest BCUT2D eigenvalue weighted by molar-refractivity contribution is 6.20. The van der Waals surface area contributed by atoms with E-state index in [1.807, 2.05) is 48.5 Å². The quantitative estimate of drug-likeness (QED) is 0.502. The van der Waals surface area contributed by atoms with E-state index in [1.54, 1.807) is 0 Å². The Morgan fingerprint density at radius 2 is 1.15 bits per heavy atom. The molecule has 0 radical (unpaired) electrons. The molecule has 4 rings (SSSR count). The van der Waals surface area contributed by atoms with Crippen molar-refractivity contribution in [2.75, 3.05) is 0 Å². The van der Waals surface area contributed by atoms with Gasteiger partial charge in [-0.25, -0.2) is 0 Å². The molecule has 0 bridgehead atoms. The van der Waals surface area contributed by atoms with Gasteiger partial charge in [0.05, 0.1) is 11.1 Å². The van der Waals surface area contributed by atoms with E-state index in [-0.39, 0.29) is 5.78 Å². The number of hydrogen-bond donors (Lipinski definition) is 0. The maximum absolute atomic E-state index is 12.7. The number of fused-ring (bicyclic) bond motifs is 2. The Balaban J connectivity index is 1.92. The molecule has 0 atom stereocenters. The van der Waals surface area contributed by atoms with E-state index in [0.717, 1.165) is 10.8 Å². The topological polar surface area (TPSA) is 43.4 Å². The van der Waals surface area contributed by atoms with Crippen LogP contribution in [0.4, 0.5) is 0 Å². The van der Waals surface area contributed by atoms with Crippen molar-refractivity contribution in [2.45, 2.75) is 0 Å². The molecule has 3 nitrogen and oxygen atoms in total. The predicted molar refractivity (Wildman–Crippen MR) is 75.9 cm³/mol.